The molecule has 374 valence electrons. The Bertz CT molecular complexity index is 3770. The Morgan fingerprint density at radius 2 is 0.849 bits per heavy atom. The maximum Gasteiger partial charge on any atom is 0.534 e. The van der Waals surface area contributed by atoms with Crippen molar-refractivity contribution in [1.82, 2.24) is 20.4 Å². The highest BCUT2D eigenvalue weighted by Gasteiger charge is 2.49. The number of phenolic OH excluding ortho intramolecular Hbond substituents is 1. The first-order valence-electron chi connectivity index (χ1n) is 22.9. The number of rotatable bonds is 10. The van der Waals surface area contributed by atoms with Gasteiger partial charge >= 0.3 is 15.6 Å². The van der Waals surface area contributed by atoms with Crippen molar-refractivity contribution in [3.63, 3.8) is 0 Å². The third kappa shape index (κ3) is 10.6. The van der Waals surface area contributed by atoms with Crippen LogP contribution in [-0.4, -0.2) is 39.4 Å². The van der Waals surface area contributed by atoms with Gasteiger partial charge in [-0.3, -0.25) is 0 Å². The van der Waals surface area contributed by atoms with Crippen molar-refractivity contribution in [1.29, 1.82) is 0 Å². The predicted octanol–water partition coefficient (Wildman–Crippen LogP) is 14.6. The summed E-state index contributed by atoms with van der Waals surface area (Å²) in [6.07, 6.45) is 0. The molecule has 10 rings (SSSR count). The molecule has 3 N–H and O–H groups in total. The maximum atomic E-state index is 13.2. The quantitative estimate of drug-likeness (QED) is 0.0896. The summed E-state index contributed by atoms with van der Waals surface area (Å²) in [6.45, 7) is 11.8. The summed E-state index contributed by atoms with van der Waals surface area (Å²) in [4.78, 5) is 0. The van der Waals surface area contributed by atoms with E-state index in [4.69, 9.17) is 0 Å². The van der Waals surface area contributed by atoms with E-state index in [2.05, 4.69) is 84.6 Å². The number of aromatic hydroxyl groups is 1. The van der Waals surface area contributed by atoms with E-state index >= 15 is 0 Å². The molecule has 73 heavy (non-hydrogen) atoms. The van der Waals surface area contributed by atoms with Gasteiger partial charge in [0.15, 0.2) is 17.4 Å². The van der Waals surface area contributed by atoms with Crippen LogP contribution in [0.4, 0.5) is 24.8 Å². The summed E-state index contributed by atoms with van der Waals surface area (Å²) in [5.74, 6) is 0.992. The Morgan fingerprint density at radius 3 is 1.30 bits per heavy atom. The van der Waals surface area contributed by atoms with Crippen molar-refractivity contribution < 1.29 is 30.9 Å². The summed E-state index contributed by atoms with van der Waals surface area (Å²) < 4.78 is 67.9. The lowest BCUT2D eigenvalue weighted by Crippen LogP contribution is -2.28. The lowest BCUT2D eigenvalue weighted by Gasteiger charge is -2.20. The van der Waals surface area contributed by atoms with Crippen LogP contribution in [0.3, 0.4) is 0 Å². The molecule has 0 spiro atoms. The second-order valence-electron chi connectivity index (χ2n) is 17.5. The largest absolute Gasteiger partial charge is 0.534 e. The maximum absolute atomic E-state index is 13.2. The number of nitrogens with one attached hydrogen (secondary N) is 2. The van der Waals surface area contributed by atoms with E-state index in [1.165, 1.54) is 28.5 Å². The number of phenols is 1. The third-order valence-electron chi connectivity index (χ3n) is 13.1. The van der Waals surface area contributed by atoms with Crippen molar-refractivity contribution in [2.24, 2.45) is 0 Å². The molecule has 0 unspecified atom stereocenters. The van der Waals surface area contributed by atoms with Crippen LogP contribution in [0.1, 0.15) is 59.3 Å². The number of alkyl halides is 3. The minimum atomic E-state index is -5.91. The van der Waals surface area contributed by atoms with E-state index in [-0.39, 0.29) is 56.1 Å². The fourth-order valence-corrected chi connectivity index (χ4v) is 9.49. The highest BCUT2D eigenvalue weighted by atomic mass is 32.2. The summed E-state index contributed by atoms with van der Waals surface area (Å²) in [5, 5.41) is 43.3. The summed E-state index contributed by atoms with van der Waals surface area (Å²) in [6, 6.07) is 50.1. The molecular weight excluding hydrogens is 986 g/mol. The van der Waals surface area contributed by atoms with E-state index in [9.17, 15) is 26.7 Å². The number of benzene rings is 8. The Kier molecular flexibility index (Phi) is 15.9. The summed E-state index contributed by atoms with van der Waals surface area (Å²) >= 11 is 0. The summed E-state index contributed by atoms with van der Waals surface area (Å²) in [5.41, 5.74) is 1.82. The molecule has 0 saturated heterocycles. The number of hydrogen-bond donors (Lipinski definition) is 3. The monoisotopic (exact) mass is 1040 g/mol. The van der Waals surface area contributed by atoms with Crippen molar-refractivity contribution >= 4 is 91.8 Å². The standard InChI is InChI=1S/C29H24F3N3O3S.C28H25N3O.2H2S/c1-17-18(2)28(33-19(3)22-14-8-11-20-9-4-6-12-23(20)22)35-34-27(17)26-24-13-7-5-10-21(24)15-16-25(26)38-39(36,37)29(30,31)32;1-17-18(2)28(29-19(3)22-14-8-11-20-9-4-6-12-23(20)22)31-30-27(17)26-24-13-7-5-10-21(24)15-16-25(26)32;;/h4-16,19H,1-3H3,(H,33,35);4-16,19,32H,1-3H3,(H,29,31);2*1H2/t2*19-;;/m00../s1. The molecule has 2 aromatic heterocycles. The van der Waals surface area contributed by atoms with Crippen LogP contribution in [0.2, 0.25) is 0 Å². The topological polar surface area (TPSA) is 139 Å². The van der Waals surface area contributed by atoms with Crippen LogP contribution in [0.5, 0.6) is 11.5 Å². The second-order valence-corrected chi connectivity index (χ2v) is 19.0. The molecule has 0 fully saturated rings. The molecule has 0 aliphatic rings. The number of fused-ring (bicyclic) bond motifs is 4. The van der Waals surface area contributed by atoms with Crippen molar-refractivity contribution in [2.75, 3.05) is 10.6 Å². The molecule has 0 bridgehead atoms. The average Bonchev–Trinajstić information content (AvgIpc) is 3.36. The van der Waals surface area contributed by atoms with Crippen molar-refractivity contribution in [2.45, 2.75) is 59.1 Å². The van der Waals surface area contributed by atoms with Gasteiger partial charge in [0, 0.05) is 0 Å². The molecule has 8 aromatic carbocycles. The van der Waals surface area contributed by atoms with Crippen molar-refractivity contribution in [3.8, 4) is 34.0 Å². The van der Waals surface area contributed by atoms with Gasteiger partial charge in [0.2, 0.25) is 0 Å². The van der Waals surface area contributed by atoms with Gasteiger partial charge in [0.05, 0.1) is 23.2 Å². The van der Waals surface area contributed by atoms with Crippen molar-refractivity contribution in [3.05, 3.63) is 191 Å². The average molecular weight is 1040 g/mol. The smallest absolute Gasteiger partial charge is 0.507 e. The number of nitrogens with zero attached hydrogens (tertiary/aromatic N) is 4. The van der Waals surface area contributed by atoms with E-state index in [1.54, 1.807) is 37.3 Å². The van der Waals surface area contributed by atoms with Gasteiger partial charge in [-0.15, -0.1) is 20.4 Å². The molecule has 0 amide bonds. The first-order valence-corrected chi connectivity index (χ1v) is 24.3. The highest BCUT2D eigenvalue weighted by Crippen LogP contribution is 2.42. The molecule has 0 radical (unpaired) electrons. The number of anilines is 2. The van der Waals surface area contributed by atoms with Crippen LogP contribution < -0.4 is 14.8 Å². The second kappa shape index (κ2) is 21.8. The first-order chi connectivity index (χ1) is 34.0. The van der Waals surface area contributed by atoms with E-state index in [1.807, 2.05) is 100 Å². The molecule has 0 aliphatic heterocycles. The minimum Gasteiger partial charge on any atom is -0.507 e. The molecule has 16 heteroatoms. The molecule has 2 heterocycles. The van der Waals surface area contributed by atoms with Gasteiger partial charge < -0.3 is 19.9 Å². The number of aromatic nitrogens is 4. The molecule has 2 atom stereocenters. The first kappa shape index (κ1) is 53.4. The number of hydrogen-bond acceptors (Lipinski definition) is 10. The van der Waals surface area contributed by atoms with Gasteiger partial charge in [-0.25, -0.2) is 0 Å². The van der Waals surface area contributed by atoms with Gasteiger partial charge in [-0.2, -0.15) is 48.6 Å². The Balaban J connectivity index is 0.000000212. The fourth-order valence-electron chi connectivity index (χ4n) is 9.02. The molecule has 10 aromatic rings. The lowest BCUT2D eigenvalue weighted by atomic mass is 9.96. The molecular formula is C57H53F3N6O4S3. The number of halogens is 3. The molecule has 0 saturated carbocycles. The SMILES string of the molecule is Cc1c(N[C@@H](C)c2cccc3ccccc23)nnc(-c2c(O)ccc3ccccc23)c1C.Cc1c(N[C@@H](C)c2cccc3ccccc23)nnc(-c2c(OS(=O)(=O)C(F)(F)F)ccc3ccccc23)c1C.S.S. The molecule has 10 nitrogen and oxygen atoms in total. The van der Waals surface area contributed by atoms with E-state index in [0.717, 1.165) is 49.6 Å². The third-order valence-corrected chi connectivity index (χ3v) is 14.1. The fraction of sp³-hybridized carbons (Fsp3) is 0.158. The van der Waals surface area contributed by atoms with Gasteiger partial charge in [0.1, 0.15) is 17.1 Å². The van der Waals surface area contributed by atoms with Gasteiger partial charge in [0.25, 0.3) is 0 Å². The van der Waals surface area contributed by atoms with Crippen LogP contribution in [0.25, 0.3) is 65.6 Å². The Morgan fingerprint density at radius 1 is 0.479 bits per heavy atom. The van der Waals surface area contributed by atoms with E-state index in [0.29, 0.717) is 33.4 Å². The van der Waals surface area contributed by atoms with Crippen LogP contribution in [0, 0.1) is 27.7 Å². The highest BCUT2D eigenvalue weighted by molar-refractivity contribution is 7.88. The van der Waals surface area contributed by atoms with E-state index < -0.39 is 21.4 Å². The van der Waals surface area contributed by atoms with Crippen LogP contribution >= 0.6 is 27.0 Å². The minimum absolute atomic E-state index is 0. The lowest BCUT2D eigenvalue weighted by molar-refractivity contribution is -0.0499. The van der Waals surface area contributed by atoms with Crippen LogP contribution in [0.15, 0.2) is 158 Å². The van der Waals surface area contributed by atoms with Crippen LogP contribution in [-0.2, 0) is 10.1 Å². The zero-order valence-electron chi connectivity index (χ0n) is 40.7. The van der Waals surface area contributed by atoms with Gasteiger partial charge in [-0.1, -0.05) is 146 Å². The Hall–Kier alpha value is -7.40. The Labute approximate surface area is 435 Å². The van der Waals surface area contributed by atoms with Gasteiger partial charge in [-0.05, 0) is 130 Å². The zero-order valence-corrected chi connectivity index (χ0v) is 43.5. The summed E-state index contributed by atoms with van der Waals surface area (Å²) in [7, 11) is -5.91. The normalized spacial score (nSPS) is 12.3. The molecule has 0 aliphatic carbocycles. The zero-order chi connectivity index (χ0) is 50.2. The predicted molar refractivity (Wildman–Crippen MR) is 299 cm³/mol.